The first-order valence-corrected chi connectivity index (χ1v) is 7.40. The monoisotopic (exact) mass is 253 g/mol. The van der Waals surface area contributed by atoms with E-state index in [4.69, 9.17) is 4.74 Å². The van der Waals surface area contributed by atoms with Crippen LogP contribution in [0.3, 0.4) is 0 Å². The Bertz CT molecular complexity index is 321. The molecule has 2 aliphatic carbocycles. The van der Waals surface area contributed by atoms with Crippen LogP contribution in [0.5, 0.6) is 0 Å². The molecule has 0 unspecified atom stereocenters. The van der Waals surface area contributed by atoms with Crippen LogP contribution >= 0.6 is 0 Å². The molecule has 2 heteroatoms. The number of rotatable bonds is 4. The third-order valence-electron chi connectivity index (χ3n) is 6.56. The summed E-state index contributed by atoms with van der Waals surface area (Å²) in [6, 6.07) is 0. The zero-order valence-electron chi connectivity index (χ0n) is 13.3. The van der Waals surface area contributed by atoms with Gasteiger partial charge in [0.1, 0.15) is 0 Å². The molecule has 0 aliphatic heterocycles. The van der Waals surface area contributed by atoms with Crippen molar-refractivity contribution in [2.45, 2.75) is 65.5 Å². The van der Waals surface area contributed by atoms with Gasteiger partial charge in [0.15, 0.2) is 0 Å². The molecule has 2 fully saturated rings. The number of ether oxygens (including phenoxy) is 1. The van der Waals surface area contributed by atoms with Gasteiger partial charge in [-0.15, -0.1) is 0 Å². The lowest BCUT2D eigenvalue weighted by Crippen LogP contribution is -2.46. The summed E-state index contributed by atoms with van der Waals surface area (Å²) in [6.45, 7) is 12.7. The lowest BCUT2D eigenvalue weighted by atomic mass is 9.70. The van der Waals surface area contributed by atoms with Gasteiger partial charge in [-0.25, -0.2) is 0 Å². The van der Waals surface area contributed by atoms with E-state index in [0.29, 0.717) is 16.9 Å². The van der Waals surface area contributed by atoms with Gasteiger partial charge in [0.25, 0.3) is 0 Å². The maximum atomic E-state index is 6.36. The van der Waals surface area contributed by atoms with E-state index in [2.05, 4.69) is 53.6 Å². The van der Waals surface area contributed by atoms with Crippen molar-refractivity contribution in [1.29, 1.82) is 0 Å². The van der Waals surface area contributed by atoms with Crippen molar-refractivity contribution in [3.05, 3.63) is 0 Å². The molecule has 0 aromatic rings. The van der Waals surface area contributed by atoms with Gasteiger partial charge in [0.05, 0.1) is 12.7 Å². The van der Waals surface area contributed by atoms with E-state index in [1.54, 1.807) is 0 Å². The third kappa shape index (κ3) is 1.92. The zero-order valence-corrected chi connectivity index (χ0v) is 13.3. The molecule has 3 atom stereocenters. The summed E-state index contributed by atoms with van der Waals surface area (Å²) in [6.07, 6.45) is 4.48. The Morgan fingerprint density at radius 3 is 2.22 bits per heavy atom. The Morgan fingerprint density at radius 2 is 1.83 bits per heavy atom. The predicted octanol–water partition coefficient (Wildman–Crippen LogP) is 3.56. The summed E-state index contributed by atoms with van der Waals surface area (Å²) in [5.74, 6) is 0.870. The van der Waals surface area contributed by atoms with E-state index < -0.39 is 0 Å². The number of likely N-dealkylation sites (N-methyl/N-ethyl adjacent to an activating group) is 1. The largest absolute Gasteiger partial charge is 0.376 e. The van der Waals surface area contributed by atoms with Crippen LogP contribution in [0.1, 0.15) is 53.9 Å². The Morgan fingerprint density at radius 1 is 1.22 bits per heavy atom. The molecular weight excluding hydrogens is 222 g/mol. The molecule has 0 aromatic carbocycles. The highest BCUT2D eigenvalue weighted by Crippen LogP contribution is 2.66. The average Bonchev–Trinajstić information content (AvgIpc) is 2.58. The van der Waals surface area contributed by atoms with Gasteiger partial charge in [-0.05, 0) is 64.0 Å². The Labute approximate surface area is 113 Å². The van der Waals surface area contributed by atoms with Crippen LogP contribution in [0, 0.1) is 16.7 Å². The van der Waals surface area contributed by atoms with Crippen LogP contribution in [0.2, 0.25) is 0 Å². The molecule has 2 rings (SSSR count). The van der Waals surface area contributed by atoms with Crippen LogP contribution in [-0.2, 0) is 4.74 Å². The first-order valence-electron chi connectivity index (χ1n) is 7.40. The summed E-state index contributed by atoms with van der Waals surface area (Å²) in [7, 11) is 4.27. The summed E-state index contributed by atoms with van der Waals surface area (Å²) >= 11 is 0. The molecule has 0 N–H and O–H groups in total. The van der Waals surface area contributed by atoms with Gasteiger partial charge in [0, 0.05) is 5.54 Å². The van der Waals surface area contributed by atoms with E-state index in [0.717, 1.165) is 12.5 Å². The number of fused-ring (bicyclic) bond motifs is 2. The van der Waals surface area contributed by atoms with Crippen molar-refractivity contribution >= 4 is 0 Å². The van der Waals surface area contributed by atoms with E-state index >= 15 is 0 Å². The quantitative estimate of drug-likeness (QED) is 0.759. The smallest absolute Gasteiger partial charge is 0.0648 e. The standard InChI is InChI=1S/C16H31NO/c1-14(2,17(6)7)11-18-13-10-12-8-9-16(13,5)15(12,3)4/h12-13H,8-11H2,1-7H3/t12-,13+,16-/m0/s1. The van der Waals surface area contributed by atoms with Crippen LogP contribution in [0.4, 0.5) is 0 Å². The number of hydrogen-bond donors (Lipinski definition) is 0. The maximum absolute atomic E-state index is 6.36. The Kier molecular flexibility index (Phi) is 3.35. The average molecular weight is 253 g/mol. The highest BCUT2D eigenvalue weighted by atomic mass is 16.5. The van der Waals surface area contributed by atoms with Crippen LogP contribution in [0.25, 0.3) is 0 Å². The summed E-state index contributed by atoms with van der Waals surface area (Å²) < 4.78 is 6.36. The van der Waals surface area contributed by atoms with E-state index in [1.165, 1.54) is 19.3 Å². The van der Waals surface area contributed by atoms with Crippen LogP contribution in [0.15, 0.2) is 0 Å². The van der Waals surface area contributed by atoms with Gasteiger partial charge in [-0.3, -0.25) is 0 Å². The van der Waals surface area contributed by atoms with E-state index in [-0.39, 0.29) is 5.54 Å². The van der Waals surface area contributed by atoms with Crippen molar-refractivity contribution in [1.82, 2.24) is 4.90 Å². The molecule has 2 nitrogen and oxygen atoms in total. The molecule has 2 bridgehead atoms. The third-order valence-corrected chi connectivity index (χ3v) is 6.56. The van der Waals surface area contributed by atoms with E-state index in [9.17, 15) is 0 Å². The molecule has 0 heterocycles. The van der Waals surface area contributed by atoms with Crippen molar-refractivity contribution in [3.63, 3.8) is 0 Å². The van der Waals surface area contributed by atoms with Crippen molar-refractivity contribution in [2.75, 3.05) is 20.7 Å². The van der Waals surface area contributed by atoms with Crippen LogP contribution < -0.4 is 0 Å². The lowest BCUT2D eigenvalue weighted by Gasteiger charge is -2.41. The minimum atomic E-state index is 0.127. The second-order valence-corrected chi connectivity index (χ2v) is 8.12. The first kappa shape index (κ1) is 14.3. The van der Waals surface area contributed by atoms with Gasteiger partial charge in [0.2, 0.25) is 0 Å². The van der Waals surface area contributed by atoms with Crippen molar-refractivity contribution in [3.8, 4) is 0 Å². The second kappa shape index (κ2) is 4.21. The van der Waals surface area contributed by atoms with Crippen molar-refractivity contribution < 1.29 is 4.74 Å². The van der Waals surface area contributed by atoms with Gasteiger partial charge < -0.3 is 9.64 Å². The second-order valence-electron chi connectivity index (χ2n) is 8.12. The molecular formula is C16H31NO. The fourth-order valence-corrected chi connectivity index (χ4v) is 3.82. The maximum Gasteiger partial charge on any atom is 0.0648 e. The lowest BCUT2D eigenvalue weighted by molar-refractivity contribution is -0.0771. The molecule has 0 spiro atoms. The number of nitrogens with zero attached hydrogens (tertiary/aromatic N) is 1. The summed E-state index contributed by atoms with van der Waals surface area (Å²) in [5.41, 5.74) is 0.975. The Balaban J connectivity index is 2.01. The Hall–Kier alpha value is -0.0800. The number of hydrogen-bond acceptors (Lipinski definition) is 2. The zero-order chi connectivity index (χ0) is 13.8. The molecule has 2 aliphatic rings. The molecule has 0 radical (unpaired) electrons. The first-order chi connectivity index (χ1) is 8.11. The topological polar surface area (TPSA) is 12.5 Å². The van der Waals surface area contributed by atoms with Crippen LogP contribution in [-0.4, -0.2) is 37.2 Å². The van der Waals surface area contributed by atoms with Crippen molar-refractivity contribution in [2.24, 2.45) is 16.7 Å². The normalized spacial score (nSPS) is 38.7. The fraction of sp³-hybridized carbons (Fsp3) is 1.00. The molecule has 18 heavy (non-hydrogen) atoms. The molecule has 0 amide bonds. The van der Waals surface area contributed by atoms with Gasteiger partial charge in [-0.2, -0.15) is 0 Å². The SMILES string of the molecule is CN(C)C(C)(C)CO[C@@H]1C[C@@H]2CC[C@]1(C)C2(C)C. The predicted molar refractivity (Wildman–Crippen MR) is 76.7 cm³/mol. The molecule has 0 saturated heterocycles. The molecule has 0 aromatic heterocycles. The summed E-state index contributed by atoms with van der Waals surface area (Å²) in [5, 5.41) is 0. The minimum Gasteiger partial charge on any atom is -0.376 e. The van der Waals surface area contributed by atoms with Gasteiger partial charge >= 0.3 is 0 Å². The summed E-state index contributed by atoms with van der Waals surface area (Å²) in [4.78, 5) is 2.26. The highest BCUT2D eigenvalue weighted by Gasteiger charge is 2.61. The molecule has 2 saturated carbocycles. The van der Waals surface area contributed by atoms with E-state index in [1.807, 2.05) is 0 Å². The van der Waals surface area contributed by atoms with Gasteiger partial charge in [-0.1, -0.05) is 20.8 Å². The molecule has 106 valence electrons. The minimum absolute atomic E-state index is 0.127. The highest BCUT2D eigenvalue weighted by molar-refractivity contribution is 5.11. The fourth-order valence-electron chi connectivity index (χ4n) is 3.82.